The van der Waals surface area contributed by atoms with E-state index < -0.39 is 0 Å². The van der Waals surface area contributed by atoms with E-state index in [0.717, 1.165) is 13.0 Å². The van der Waals surface area contributed by atoms with Gasteiger partial charge in [-0.1, -0.05) is 6.92 Å². The number of fused-ring (bicyclic) bond motifs is 1. The third kappa shape index (κ3) is 0.400. The lowest BCUT2D eigenvalue weighted by Crippen LogP contribution is -2.38. The quantitative estimate of drug-likeness (QED) is 0.499. The SMILES string of the molecule is CC[C]1C2COC1O2. The predicted molar refractivity (Wildman–Crippen MR) is 28.1 cm³/mol. The maximum atomic E-state index is 5.19. The van der Waals surface area contributed by atoms with Crippen LogP contribution in [-0.2, 0) is 9.47 Å². The molecule has 3 rings (SSSR count). The maximum absolute atomic E-state index is 5.19. The van der Waals surface area contributed by atoms with Crippen LogP contribution >= 0.6 is 0 Å². The first-order chi connectivity index (χ1) is 3.92. The molecule has 8 heavy (non-hydrogen) atoms. The Morgan fingerprint density at radius 1 is 1.75 bits per heavy atom. The second-order valence-corrected chi connectivity index (χ2v) is 2.22. The molecule has 2 nitrogen and oxygen atoms in total. The van der Waals surface area contributed by atoms with Gasteiger partial charge < -0.3 is 9.47 Å². The number of hydrogen-bond acceptors (Lipinski definition) is 2. The van der Waals surface area contributed by atoms with Crippen molar-refractivity contribution in [2.75, 3.05) is 6.61 Å². The Hall–Kier alpha value is -0.0800. The summed E-state index contributed by atoms with van der Waals surface area (Å²) in [6.45, 7) is 2.94. The van der Waals surface area contributed by atoms with E-state index in [2.05, 4.69) is 6.92 Å². The Morgan fingerprint density at radius 3 is 2.88 bits per heavy atom. The van der Waals surface area contributed by atoms with Crippen molar-refractivity contribution in [2.24, 2.45) is 0 Å². The molecule has 1 radical (unpaired) electrons. The van der Waals surface area contributed by atoms with Crippen LogP contribution in [0.3, 0.4) is 0 Å². The molecule has 3 heterocycles. The number of hydrogen-bond donors (Lipinski definition) is 0. The first-order valence-corrected chi connectivity index (χ1v) is 3.04. The minimum atomic E-state index is 0.0880. The van der Waals surface area contributed by atoms with E-state index in [-0.39, 0.29) is 6.29 Å². The van der Waals surface area contributed by atoms with Gasteiger partial charge in [-0.2, -0.15) is 0 Å². The largest absolute Gasteiger partial charge is 0.349 e. The Bertz CT molecular complexity index is 88.7. The summed E-state index contributed by atoms with van der Waals surface area (Å²) in [7, 11) is 0. The molecule has 0 N–H and O–H groups in total. The molecule has 0 amide bonds. The van der Waals surface area contributed by atoms with Crippen molar-refractivity contribution < 1.29 is 9.47 Å². The second-order valence-electron chi connectivity index (χ2n) is 2.22. The van der Waals surface area contributed by atoms with Gasteiger partial charge in [0.2, 0.25) is 0 Å². The van der Waals surface area contributed by atoms with Gasteiger partial charge in [0.25, 0.3) is 0 Å². The van der Waals surface area contributed by atoms with Gasteiger partial charge in [-0.05, 0) is 6.42 Å². The normalized spacial score (nSPS) is 44.6. The molecule has 3 aliphatic rings. The summed E-state index contributed by atoms with van der Waals surface area (Å²) in [6, 6.07) is 0. The lowest BCUT2D eigenvalue weighted by atomic mass is 9.97. The van der Waals surface area contributed by atoms with Crippen LogP contribution in [0.25, 0.3) is 0 Å². The molecule has 2 atom stereocenters. The molecule has 0 aromatic carbocycles. The van der Waals surface area contributed by atoms with Crippen LogP contribution < -0.4 is 0 Å². The van der Waals surface area contributed by atoms with Crippen molar-refractivity contribution in [1.29, 1.82) is 0 Å². The zero-order chi connectivity index (χ0) is 5.56. The topological polar surface area (TPSA) is 18.5 Å². The molecule has 0 aromatic heterocycles. The fraction of sp³-hybridized carbons (Fsp3) is 0.833. The average Bonchev–Trinajstić information content (AvgIpc) is 2.19. The van der Waals surface area contributed by atoms with E-state index in [4.69, 9.17) is 9.47 Å². The standard InChI is InChI=1S/C6H9O2/c1-2-4-5-3-7-6(4)8-5/h5-6H,2-3H2,1H3. The molecule has 2 unspecified atom stereocenters. The Balaban J connectivity index is 2.02. The van der Waals surface area contributed by atoms with Gasteiger partial charge >= 0.3 is 0 Å². The van der Waals surface area contributed by atoms with Gasteiger partial charge in [0.05, 0.1) is 18.6 Å². The second kappa shape index (κ2) is 1.45. The number of rotatable bonds is 1. The third-order valence-corrected chi connectivity index (χ3v) is 1.81. The lowest BCUT2D eigenvalue weighted by Gasteiger charge is -2.31. The predicted octanol–water partition coefficient (Wildman–Crippen LogP) is 0.726. The van der Waals surface area contributed by atoms with Crippen LogP contribution in [0, 0.1) is 5.92 Å². The van der Waals surface area contributed by atoms with Crippen molar-refractivity contribution in [3.8, 4) is 0 Å². The molecule has 3 saturated heterocycles. The highest BCUT2D eigenvalue weighted by Crippen LogP contribution is 2.40. The van der Waals surface area contributed by atoms with Crippen molar-refractivity contribution >= 4 is 0 Å². The van der Waals surface area contributed by atoms with Crippen LogP contribution in [0.1, 0.15) is 13.3 Å². The van der Waals surface area contributed by atoms with E-state index in [0.29, 0.717) is 6.10 Å². The molecule has 0 spiro atoms. The van der Waals surface area contributed by atoms with Crippen LogP contribution in [-0.4, -0.2) is 19.0 Å². The zero-order valence-electron chi connectivity index (χ0n) is 4.89. The van der Waals surface area contributed by atoms with Gasteiger partial charge in [0, 0.05) is 0 Å². The summed E-state index contributed by atoms with van der Waals surface area (Å²) in [5.74, 6) is 1.45. The Kier molecular flexibility index (Phi) is 0.866. The van der Waals surface area contributed by atoms with Crippen LogP contribution in [0.4, 0.5) is 0 Å². The van der Waals surface area contributed by atoms with Crippen LogP contribution in [0.2, 0.25) is 0 Å². The van der Waals surface area contributed by atoms with Gasteiger partial charge in [-0.25, -0.2) is 0 Å². The molecule has 3 aliphatic heterocycles. The van der Waals surface area contributed by atoms with Crippen molar-refractivity contribution in [3.05, 3.63) is 5.92 Å². The van der Waals surface area contributed by atoms with E-state index in [1.54, 1.807) is 0 Å². The monoisotopic (exact) mass is 113 g/mol. The summed E-state index contributed by atoms with van der Waals surface area (Å²) < 4.78 is 10.4. The zero-order valence-corrected chi connectivity index (χ0v) is 4.89. The van der Waals surface area contributed by atoms with Crippen LogP contribution in [0.15, 0.2) is 0 Å². The minimum Gasteiger partial charge on any atom is -0.349 e. The molecule has 0 saturated carbocycles. The molecule has 2 heteroatoms. The van der Waals surface area contributed by atoms with E-state index in [1.165, 1.54) is 5.92 Å². The maximum Gasteiger partial charge on any atom is 0.167 e. The van der Waals surface area contributed by atoms with Gasteiger partial charge in [0.15, 0.2) is 6.29 Å². The molecule has 0 aromatic rings. The van der Waals surface area contributed by atoms with Crippen LogP contribution in [0.5, 0.6) is 0 Å². The minimum absolute atomic E-state index is 0.0880. The first-order valence-electron chi connectivity index (χ1n) is 3.04. The van der Waals surface area contributed by atoms with Gasteiger partial charge in [-0.15, -0.1) is 0 Å². The van der Waals surface area contributed by atoms with Crippen molar-refractivity contribution in [1.82, 2.24) is 0 Å². The highest BCUT2D eigenvalue weighted by atomic mass is 16.7. The fourth-order valence-electron chi connectivity index (χ4n) is 1.27. The molecule has 3 fully saturated rings. The molecule has 2 bridgehead atoms. The first kappa shape index (κ1) is 4.77. The lowest BCUT2D eigenvalue weighted by molar-refractivity contribution is -0.115. The summed E-state index contributed by atoms with van der Waals surface area (Å²) in [4.78, 5) is 0. The van der Waals surface area contributed by atoms with E-state index in [1.807, 2.05) is 0 Å². The molecular formula is C6H9O2. The highest BCUT2D eigenvalue weighted by Gasteiger charge is 2.49. The summed E-state index contributed by atoms with van der Waals surface area (Å²) in [5.41, 5.74) is 0. The fourth-order valence-corrected chi connectivity index (χ4v) is 1.27. The smallest absolute Gasteiger partial charge is 0.167 e. The Labute approximate surface area is 48.8 Å². The summed E-state index contributed by atoms with van der Waals surface area (Å²) >= 11 is 0. The molecular weight excluding hydrogens is 104 g/mol. The summed E-state index contributed by atoms with van der Waals surface area (Å²) in [6.07, 6.45) is 1.57. The highest BCUT2D eigenvalue weighted by molar-refractivity contribution is 5.12. The molecule has 0 aliphatic carbocycles. The Morgan fingerprint density at radius 2 is 2.62 bits per heavy atom. The average molecular weight is 113 g/mol. The van der Waals surface area contributed by atoms with E-state index >= 15 is 0 Å². The van der Waals surface area contributed by atoms with Gasteiger partial charge in [-0.3, -0.25) is 0 Å². The number of ether oxygens (including phenoxy) is 2. The van der Waals surface area contributed by atoms with Crippen molar-refractivity contribution in [2.45, 2.75) is 25.7 Å². The van der Waals surface area contributed by atoms with Crippen molar-refractivity contribution in [3.63, 3.8) is 0 Å². The van der Waals surface area contributed by atoms with Gasteiger partial charge in [0.1, 0.15) is 0 Å². The van der Waals surface area contributed by atoms with E-state index in [9.17, 15) is 0 Å². The molecule has 45 valence electrons. The summed E-state index contributed by atoms with van der Waals surface area (Å²) in [5, 5.41) is 0. The third-order valence-electron chi connectivity index (χ3n) is 1.81.